The first-order valence-corrected chi connectivity index (χ1v) is 8.65. The minimum absolute atomic E-state index is 0.0291. The van der Waals surface area contributed by atoms with E-state index in [1.54, 1.807) is 6.07 Å². The minimum Gasteiger partial charge on any atom is -0.494 e. The van der Waals surface area contributed by atoms with Crippen LogP contribution in [-0.4, -0.2) is 17.8 Å². The van der Waals surface area contributed by atoms with Crippen LogP contribution in [0.3, 0.4) is 0 Å². The molecule has 4 heteroatoms. The minimum atomic E-state index is -0.236. The normalized spacial score (nSPS) is 11.9. The number of rotatable bonds is 7. The lowest BCUT2D eigenvalue weighted by molar-refractivity contribution is 0.298. The number of benzene rings is 1. The van der Waals surface area contributed by atoms with E-state index < -0.39 is 0 Å². The number of methoxy groups -OCH3 is 1. The van der Waals surface area contributed by atoms with Crippen LogP contribution in [0.1, 0.15) is 25.8 Å². The van der Waals surface area contributed by atoms with Crippen molar-refractivity contribution in [3.05, 3.63) is 29.6 Å². The van der Waals surface area contributed by atoms with Crippen LogP contribution >= 0.6 is 31.9 Å². The predicted molar refractivity (Wildman–Crippen MR) is 86.1 cm³/mol. The summed E-state index contributed by atoms with van der Waals surface area (Å²) in [5.41, 5.74) is 0.750. The van der Waals surface area contributed by atoms with Gasteiger partial charge in [0, 0.05) is 10.7 Å². The summed E-state index contributed by atoms with van der Waals surface area (Å²) in [7, 11) is 1.50. The van der Waals surface area contributed by atoms with Gasteiger partial charge in [-0.2, -0.15) is 0 Å². The quantitative estimate of drug-likeness (QED) is 0.576. The van der Waals surface area contributed by atoms with Crippen molar-refractivity contribution in [3.63, 3.8) is 0 Å². The van der Waals surface area contributed by atoms with E-state index in [9.17, 15) is 4.39 Å². The Bertz CT molecular complexity index is 403. The van der Waals surface area contributed by atoms with Gasteiger partial charge in [0.15, 0.2) is 11.6 Å². The van der Waals surface area contributed by atoms with Gasteiger partial charge in [0.25, 0.3) is 0 Å². The summed E-state index contributed by atoms with van der Waals surface area (Å²) in [6.45, 7) is 4.39. The molecule has 0 N–H and O–H groups in total. The first kappa shape index (κ1) is 17.0. The SMILES string of the molecule is COc1cccc(CC(CBr)(CBr)CC(C)C)c1F. The lowest BCUT2D eigenvalue weighted by Crippen LogP contribution is -2.30. The van der Waals surface area contributed by atoms with Gasteiger partial charge in [-0.25, -0.2) is 4.39 Å². The van der Waals surface area contributed by atoms with E-state index in [-0.39, 0.29) is 11.2 Å². The standard InChI is InChI=1S/C15H21Br2FO/c1-11(2)7-15(9-16,10-17)8-12-5-4-6-13(19-3)14(12)18/h4-6,11H,7-10H2,1-3H3. The number of alkyl halides is 2. The fraction of sp³-hybridized carbons (Fsp3) is 0.600. The number of hydrogen-bond acceptors (Lipinski definition) is 1. The Hall–Kier alpha value is -0.0900. The summed E-state index contributed by atoms with van der Waals surface area (Å²) in [5, 5.41) is 1.69. The summed E-state index contributed by atoms with van der Waals surface area (Å²) in [6.07, 6.45) is 1.74. The molecule has 0 heterocycles. The molecule has 0 atom stereocenters. The molecule has 0 unspecified atom stereocenters. The molecule has 0 spiro atoms. The highest BCUT2D eigenvalue weighted by Gasteiger charge is 2.30. The highest BCUT2D eigenvalue weighted by atomic mass is 79.9. The molecule has 1 nitrogen and oxygen atoms in total. The third kappa shape index (κ3) is 4.45. The number of ether oxygens (including phenoxy) is 1. The predicted octanol–water partition coefficient (Wildman–Crippen LogP) is 5.20. The van der Waals surface area contributed by atoms with E-state index in [1.807, 2.05) is 12.1 Å². The zero-order chi connectivity index (χ0) is 14.5. The fourth-order valence-corrected chi connectivity index (χ4v) is 4.21. The van der Waals surface area contributed by atoms with Gasteiger partial charge >= 0.3 is 0 Å². The maximum Gasteiger partial charge on any atom is 0.168 e. The van der Waals surface area contributed by atoms with Gasteiger partial charge in [-0.15, -0.1) is 0 Å². The molecule has 108 valence electrons. The molecule has 0 bridgehead atoms. The molecular weight excluding hydrogens is 375 g/mol. The second kappa shape index (κ2) is 7.63. The summed E-state index contributed by atoms with van der Waals surface area (Å²) in [5.74, 6) is 0.656. The lowest BCUT2D eigenvalue weighted by atomic mass is 9.78. The summed E-state index contributed by atoms with van der Waals surface area (Å²) < 4.78 is 19.3. The Morgan fingerprint density at radius 3 is 2.37 bits per heavy atom. The zero-order valence-corrected chi connectivity index (χ0v) is 14.9. The molecule has 19 heavy (non-hydrogen) atoms. The molecule has 0 fully saturated rings. The molecule has 0 saturated heterocycles. The maximum atomic E-state index is 14.3. The molecule has 1 rings (SSSR count). The third-order valence-corrected chi connectivity index (χ3v) is 5.62. The van der Waals surface area contributed by atoms with E-state index in [4.69, 9.17) is 4.74 Å². The molecule has 0 aliphatic rings. The monoisotopic (exact) mass is 394 g/mol. The van der Waals surface area contributed by atoms with Crippen molar-refractivity contribution in [1.29, 1.82) is 0 Å². The van der Waals surface area contributed by atoms with E-state index in [1.165, 1.54) is 7.11 Å². The first-order valence-electron chi connectivity index (χ1n) is 6.41. The van der Waals surface area contributed by atoms with Gasteiger partial charge in [0.05, 0.1) is 7.11 Å². The average molecular weight is 396 g/mol. The van der Waals surface area contributed by atoms with Crippen LogP contribution in [0.2, 0.25) is 0 Å². The zero-order valence-electron chi connectivity index (χ0n) is 11.7. The van der Waals surface area contributed by atoms with E-state index in [0.717, 1.165) is 22.6 Å². The van der Waals surface area contributed by atoms with E-state index in [0.29, 0.717) is 18.1 Å². The summed E-state index contributed by atoms with van der Waals surface area (Å²) in [6, 6.07) is 5.35. The molecule has 1 aromatic rings. The third-order valence-electron chi connectivity index (χ3n) is 3.24. The molecule has 0 aromatic heterocycles. The van der Waals surface area contributed by atoms with Crippen molar-refractivity contribution < 1.29 is 9.13 Å². The average Bonchev–Trinajstić information content (AvgIpc) is 2.39. The summed E-state index contributed by atoms with van der Waals surface area (Å²) >= 11 is 7.19. The van der Waals surface area contributed by atoms with E-state index in [2.05, 4.69) is 45.7 Å². The number of hydrogen-bond donors (Lipinski definition) is 0. The van der Waals surface area contributed by atoms with E-state index >= 15 is 0 Å². The van der Waals surface area contributed by atoms with Crippen molar-refractivity contribution in [3.8, 4) is 5.75 Å². The Morgan fingerprint density at radius 1 is 1.26 bits per heavy atom. The molecule has 0 amide bonds. The van der Waals surface area contributed by atoms with Crippen LogP contribution in [0.5, 0.6) is 5.75 Å². The Labute approximate surface area is 132 Å². The van der Waals surface area contributed by atoms with Crippen molar-refractivity contribution in [1.82, 2.24) is 0 Å². The second-order valence-electron chi connectivity index (χ2n) is 5.48. The van der Waals surface area contributed by atoms with Crippen molar-refractivity contribution in [2.24, 2.45) is 11.3 Å². The molecule has 0 saturated carbocycles. The van der Waals surface area contributed by atoms with Crippen molar-refractivity contribution in [2.45, 2.75) is 26.7 Å². The smallest absolute Gasteiger partial charge is 0.168 e. The van der Waals surface area contributed by atoms with Crippen LogP contribution in [0.4, 0.5) is 4.39 Å². The van der Waals surface area contributed by atoms with Crippen LogP contribution in [0.15, 0.2) is 18.2 Å². The topological polar surface area (TPSA) is 9.23 Å². The van der Waals surface area contributed by atoms with Gasteiger partial charge in [0.2, 0.25) is 0 Å². The largest absolute Gasteiger partial charge is 0.494 e. The Kier molecular flexibility index (Phi) is 6.81. The molecule has 0 radical (unpaired) electrons. The molecule has 1 aromatic carbocycles. The van der Waals surface area contributed by atoms with Crippen LogP contribution in [0, 0.1) is 17.2 Å². The van der Waals surface area contributed by atoms with Crippen LogP contribution in [-0.2, 0) is 6.42 Å². The van der Waals surface area contributed by atoms with Gasteiger partial charge < -0.3 is 4.74 Å². The van der Waals surface area contributed by atoms with Crippen molar-refractivity contribution >= 4 is 31.9 Å². The van der Waals surface area contributed by atoms with Gasteiger partial charge in [0.1, 0.15) is 0 Å². The van der Waals surface area contributed by atoms with Crippen molar-refractivity contribution in [2.75, 3.05) is 17.8 Å². The Balaban J connectivity index is 3.03. The van der Waals surface area contributed by atoms with Gasteiger partial charge in [-0.3, -0.25) is 0 Å². The Morgan fingerprint density at radius 2 is 1.89 bits per heavy atom. The highest BCUT2D eigenvalue weighted by Crippen LogP contribution is 2.36. The molecule has 0 aliphatic carbocycles. The van der Waals surface area contributed by atoms with Crippen LogP contribution < -0.4 is 4.74 Å². The summed E-state index contributed by atoms with van der Waals surface area (Å²) in [4.78, 5) is 0. The second-order valence-corrected chi connectivity index (χ2v) is 6.60. The lowest BCUT2D eigenvalue weighted by Gasteiger charge is -2.32. The number of halogens is 3. The van der Waals surface area contributed by atoms with Gasteiger partial charge in [-0.1, -0.05) is 57.8 Å². The maximum absolute atomic E-state index is 14.3. The first-order chi connectivity index (χ1) is 8.98. The van der Waals surface area contributed by atoms with Crippen LogP contribution in [0.25, 0.3) is 0 Å². The highest BCUT2D eigenvalue weighted by molar-refractivity contribution is 9.09. The van der Waals surface area contributed by atoms with Gasteiger partial charge in [-0.05, 0) is 35.8 Å². The molecule has 0 aliphatic heterocycles. The fourth-order valence-electron chi connectivity index (χ4n) is 2.43. The molecular formula is C15H21Br2FO.